The van der Waals surface area contributed by atoms with Crippen molar-refractivity contribution in [3.05, 3.63) is 69.7 Å². The number of H-pyrrole nitrogens is 1. The number of hydrogen-bond donors (Lipinski definition) is 2. The first-order valence-corrected chi connectivity index (χ1v) is 10.0. The second-order valence-electron chi connectivity index (χ2n) is 6.58. The van der Waals surface area contributed by atoms with Crippen LogP contribution in [0.25, 0.3) is 22.2 Å². The maximum atomic E-state index is 11.3. The van der Waals surface area contributed by atoms with Gasteiger partial charge >= 0.3 is 5.97 Å². The molecule has 1 aromatic carbocycles. The molecule has 2 N–H and O–H groups in total. The number of aromatic carboxylic acids is 1. The van der Waals surface area contributed by atoms with Crippen LogP contribution in [-0.4, -0.2) is 27.7 Å². The standard InChI is InChI=1S/C22H20N2O3S/c1-3-27-20-11-19-16(9-13(20)2)17(21(24-19)14-7-8-28-12-14)10-15-5-4-6-18(23-15)22(25)26/h4-9,11-12,24H,3,10H2,1-2H3,(H,25,26). The molecule has 4 aromatic rings. The highest BCUT2D eigenvalue weighted by atomic mass is 32.1. The molecule has 0 unspecified atom stereocenters. The number of aryl methyl sites for hydroxylation is 1. The lowest BCUT2D eigenvalue weighted by molar-refractivity contribution is 0.0690. The normalized spacial score (nSPS) is 11.1. The van der Waals surface area contributed by atoms with Crippen molar-refractivity contribution in [1.82, 2.24) is 9.97 Å². The summed E-state index contributed by atoms with van der Waals surface area (Å²) in [6.45, 7) is 4.62. The minimum absolute atomic E-state index is 0.0595. The summed E-state index contributed by atoms with van der Waals surface area (Å²) in [5.74, 6) is -0.151. The number of carboxylic acids is 1. The Morgan fingerprint density at radius 3 is 2.86 bits per heavy atom. The molecule has 0 aliphatic rings. The number of ether oxygens (including phenoxy) is 1. The fourth-order valence-corrected chi connectivity index (χ4v) is 4.06. The highest BCUT2D eigenvalue weighted by Gasteiger charge is 2.17. The molecule has 142 valence electrons. The van der Waals surface area contributed by atoms with Gasteiger partial charge in [-0.2, -0.15) is 11.3 Å². The van der Waals surface area contributed by atoms with Crippen molar-refractivity contribution in [3.63, 3.8) is 0 Å². The smallest absolute Gasteiger partial charge is 0.354 e. The van der Waals surface area contributed by atoms with Crippen LogP contribution in [0.15, 0.2) is 47.2 Å². The summed E-state index contributed by atoms with van der Waals surface area (Å²) in [4.78, 5) is 19.1. The Balaban J connectivity index is 1.87. The number of pyridine rings is 1. The summed E-state index contributed by atoms with van der Waals surface area (Å²) in [6, 6.07) is 11.4. The minimum atomic E-state index is -1.02. The predicted octanol–water partition coefficient (Wildman–Crippen LogP) is 5.29. The van der Waals surface area contributed by atoms with Crippen molar-refractivity contribution in [2.75, 3.05) is 6.61 Å². The first-order chi connectivity index (χ1) is 13.6. The van der Waals surface area contributed by atoms with Gasteiger partial charge in [0.1, 0.15) is 11.4 Å². The summed E-state index contributed by atoms with van der Waals surface area (Å²) >= 11 is 1.64. The molecule has 6 heteroatoms. The van der Waals surface area contributed by atoms with Gasteiger partial charge in [-0.25, -0.2) is 9.78 Å². The molecule has 0 atom stereocenters. The van der Waals surface area contributed by atoms with E-state index in [2.05, 4.69) is 27.5 Å². The van der Waals surface area contributed by atoms with Crippen molar-refractivity contribution in [2.24, 2.45) is 0 Å². The Bertz CT molecular complexity index is 1150. The fraction of sp³-hybridized carbons (Fsp3) is 0.182. The van der Waals surface area contributed by atoms with Crippen LogP contribution < -0.4 is 4.74 Å². The Kier molecular flexibility index (Phi) is 4.88. The van der Waals surface area contributed by atoms with Crippen LogP contribution in [0.2, 0.25) is 0 Å². The van der Waals surface area contributed by atoms with Gasteiger partial charge in [0.05, 0.1) is 12.3 Å². The number of carboxylic acid groups (broad SMARTS) is 1. The van der Waals surface area contributed by atoms with Crippen LogP contribution in [-0.2, 0) is 6.42 Å². The Hall–Kier alpha value is -3.12. The fourth-order valence-electron chi connectivity index (χ4n) is 3.41. The third-order valence-electron chi connectivity index (χ3n) is 4.70. The number of hydrogen-bond acceptors (Lipinski definition) is 4. The van der Waals surface area contributed by atoms with E-state index in [1.807, 2.05) is 31.4 Å². The molecule has 0 fully saturated rings. The van der Waals surface area contributed by atoms with Crippen molar-refractivity contribution in [3.8, 4) is 17.0 Å². The molecule has 0 saturated heterocycles. The molecular weight excluding hydrogens is 372 g/mol. The third kappa shape index (κ3) is 3.39. The highest BCUT2D eigenvalue weighted by Crippen LogP contribution is 2.36. The highest BCUT2D eigenvalue weighted by molar-refractivity contribution is 7.08. The molecular formula is C22H20N2O3S. The number of carbonyl (C=O) groups is 1. The molecule has 0 spiro atoms. The van der Waals surface area contributed by atoms with Gasteiger partial charge in [-0.1, -0.05) is 6.07 Å². The van der Waals surface area contributed by atoms with Crippen LogP contribution in [0.3, 0.4) is 0 Å². The van der Waals surface area contributed by atoms with E-state index in [1.165, 1.54) is 6.07 Å². The van der Waals surface area contributed by atoms with E-state index in [9.17, 15) is 9.90 Å². The first-order valence-electron chi connectivity index (χ1n) is 9.06. The Morgan fingerprint density at radius 1 is 1.29 bits per heavy atom. The zero-order valence-corrected chi connectivity index (χ0v) is 16.5. The lowest BCUT2D eigenvalue weighted by atomic mass is 10.0. The second-order valence-corrected chi connectivity index (χ2v) is 7.36. The van der Waals surface area contributed by atoms with Crippen molar-refractivity contribution in [1.29, 1.82) is 0 Å². The minimum Gasteiger partial charge on any atom is -0.494 e. The maximum Gasteiger partial charge on any atom is 0.354 e. The van der Waals surface area contributed by atoms with Crippen LogP contribution >= 0.6 is 11.3 Å². The van der Waals surface area contributed by atoms with E-state index >= 15 is 0 Å². The average molecular weight is 392 g/mol. The van der Waals surface area contributed by atoms with E-state index in [-0.39, 0.29) is 5.69 Å². The van der Waals surface area contributed by atoms with E-state index in [0.717, 1.165) is 44.7 Å². The lowest BCUT2D eigenvalue weighted by Crippen LogP contribution is -2.03. The molecule has 0 aliphatic carbocycles. The van der Waals surface area contributed by atoms with Crippen LogP contribution in [0.4, 0.5) is 0 Å². The molecule has 0 radical (unpaired) electrons. The number of benzene rings is 1. The predicted molar refractivity (Wildman–Crippen MR) is 112 cm³/mol. The molecule has 0 saturated carbocycles. The number of aromatic nitrogens is 2. The molecule has 28 heavy (non-hydrogen) atoms. The van der Waals surface area contributed by atoms with Crippen LogP contribution in [0.1, 0.15) is 34.2 Å². The van der Waals surface area contributed by atoms with Gasteiger partial charge in [0.15, 0.2) is 0 Å². The Labute approximate surface area is 166 Å². The van der Waals surface area contributed by atoms with Gasteiger partial charge in [-0.05, 0) is 54.6 Å². The SMILES string of the molecule is CCOc1cc2[nH]c(-c3ccsc3)c(Cc3cccc(C(=O)O)n3)c2cc1C. The van der Waals surface area contributed by atoms with E-state index in [0.29, 0.717) is 13.0 Å². The summed E-state index contributed by atoms with van der Waals surface area (Å²) in [7, 11) is 0. The van der Waals surface area contributed by atoms with E-state index in [1.54, 1.807) is 17.4 Å². The first kappa shape index (κ1) is 18.3. The second kappa shape index (κ2) is 7.48. The molecule has 4 rings (SSSR count). The summed E-state index contributed by atoms with van der Waals surface area (Å²) in [5.41, 5.74) is 6.11. The van der Waals surface area contributed by atoms with Crippen molar-refractivity contribution < 1.29 is 14.6 Å². The van der Waals surface area contributed by atoms with Gasteiger partial charge in [0.25, 0.3) is 0 Å². The number of nitrogens with one attached hydrogen (secondary N) is 1. The number of rotatable bonds is 6. The van der Waals surface area contributed by atoms with Gasteiger partial charge in [0, 0.05) is 40.0 Å². The summed E-state index contributed by atoms with van der Waals surface area (Å²) in [5, 5.41) is 14.5. The molecule has 5 nitrogen and oxygen atoms in total. The van der Waals surface area contributed by atoms with Crippen LogP contribution in [0, 0.1) is 6.92 Å². The molecule has 0 aliphatic heterocycles. The number of nitrogens with zero attached hydrogens (tertiary/aromatic N) is 1. The third-order valence-corrected chi connectivity index (χ3v) is 5.38. The van der Waals surface area contributed by atoms with Gasteiger partial charge in [-0.15, -0.1) is 0 Å². The molecule has 0 amide bonds. The van der Waals surface area contributed by atoms with E-state index in [4.69, 9.17) is 4.74 Å². The topological polar surface area (TPSA) is 75.2 Å². The lowest BCUT2D eigenvalue weighted by Gasteiger charge is -2.08. The molecule has 0 bridgehead atoms. The van der Waals surface area contributed by atoms with Crippen molar-refractivity contribution >= 4 is 28.2 Å². The van der Waals surface area contributed by atoms with Crippen molar-refractivity contribution in [2.45, 2.75) is 20.3 Å². The summed E-state index contributed by atoms with van der Waals surface area (Å²) in [6.07, 6.45) is 0.541. The molecule has 3 aromatic heterocycles. The molecule has 3 heterocycles. The Morgan fingerprint density at radius 2 is 2.14 bits per heavy atom. The zero-order valence-electron chi connectivity index (χ0n) is 15.7. The van der Waals surface area contributed by atoms with Crippen LogP contribution in [0.5, 0.6) is 5.75 Å². The largest absolute Gasteiger partial charge is 0.494 e. The van der Waals surface area contributed by atoms with E-state index < -0.39 is 5.97 Å². The van der Waals surface area contributed by atoms with Gasteiger partial charge in [0.2, 0.25) is 0 Å². The number of thiophene rings is 1. The monoisotopic (exact) mass is 392 g/mol. The number of aromatic amines is 1. The number of fused-ring (bicyclic) bond motifs is 1. The maximum absolute atomic E-state index is 11.3. The quantitative estimate of drug-likeness (QED) is 0.468. The zero-order chi connectivity index (χ0) is 19.7. The van der Waals surface area contributed by atoms with Gasteiger partial charge < -0.3 is 14.8 Å². The van der Waals surface area contributed by atoms with Gasteiger partial charge in [-0.3, -0.25) is 0 Å². The summed E-state index contributed by atoms with van der Waals surface area (Å²) < 4.78 is 5.75. The average Bonchev–Trinajstić information content (AvgIpc) is 3.31.